The first kappa shape index (κ1) is 14.9. The maximum absolute atomic E-state index is 6.46. The van der Waals surface area contributed by atoms with Crippen molar-refractivity contribution in [3.8, 4) is 0 Å². The van der Waals surface area contributed by atoms with Crippen molar-refractivity contribution in [3.63, 3.8) is 0 Å². The lowest BCUT2D eigenvalue weighted by molar-refractivity contribution is 0.204. The molecule has 2 heterocycles. The Morgan fingerprint density at radius 2 is 2.10 bits per heavy atom. The molecule has 0 aliphatic carbocycles. The van der Waals surface area contributed by atoms with E-state index in [1.807, 2.05) is 12.1 Å². The second-order valence-corrected chi connectivity index (χ2v) is 6.78. The highest BCUT2D eigenvalue weighted by Crippen LogP contribution is 2.31. The number of rotatable bonds is 2. The van der Waals surface area contributed by atoms with Crippen molar-refractivity contribution in [1.29, 1.82) is 0 Å². The third-order valence-electron chi connectivity index (χ3n) is 4.61. The van der Waals surface area contributed by atoms with Gasteiger partial charge in [0, 0.05) is 18.6 Å². The van der Waals surface area contributed by atoms with Crippen LogP contribution in [0.1, 0.15) is 45.0 Å². The molecule has 1 aliphatic rings. The summed E-state index contributed by atoms with van der Waals surface area (Å²) in [6, 6.07) is 7.07. The molecule has 1 aromatic heterocycles. The SMILES string of the molecule is Cc1nc2cccc(Cl)c2n1[C@H]1CCCCN(C(C)C)C1. The van der Waals surface area contributed by atoms with E-state index in [4.69, 9.17) is 16.6 Å². The van der Waals surface area contributed by atoms with Crippen molar-refractivity contribution >= 4 is 22.6 Å². The van der Waals surface area contributed by atoms with Gasteiger partial charge in [-0.25, -0.2) is 4.98 Å². The molecule has 0 saturated carbocycles. The predicted molar refractivity (Wildman–Crippen MR) is 89.1 cm³/mol. The number of hydrogen-bond acceptors (Lipinski definition) is 2. The molecule has 0 bridgehead atoms. The number of benzene rings is 1. The van der Waals surface area contributed by atoms with Crippen LogP contribution in [0.3, 0.4) is 0 Å². The highest BCUT2D eigenvalue weighted by molar-refractivity contribution is 6.35. The standard InChI is InChI=1S/C17H24ClN3/c1-12(2)20-10-5-4-7-14(11-20)21-13(3)19-16-9-6-8-15(18)17(16)21/h6,8-9,12,14H,4-5,7,10-11H2,1-3H3/t14-/m0/s1. The van der Waals surface area contributed by atoms with Crippen LogP contribution < -0.4 is 0 Å². The Morgan fingerprint density at radius 3 is 2.86 bits per heavy atom. The second kappa shape index (κ2) is 5.98. The number of aromatic nitrogens is 2. The van der Waals surface area contributed by atoms with Crippen molar-refractivity contribution in [2.75, 3.05) is 13.1 Å². The van der Waals surface area contributed by atoms with Gasteiger partial charge >= 0.3 is 0 Å². The molecule has 0 N–H and O–H groups in total. The van der Waals surface area contributed by atoms with Crippen LogP contribution in [0.25, 0.3) is 11.0 Å². The first-order valence-corrected chi connectivity index (χ1v) is 8.33. The number of nitrogens with zero attached hydrogens (tertiary/aromatic N) is 3. The highest BCUT2D eigenvalue weighted by atomic mass is 35.5. The van der Waals surface area contributed by atoms with Gasteiger partial charge in [-0.1, -0.05) is 24.1 Å². The summed E-state index contributed by atoms with van der Waals surface area (Å²) in [5.74, 6) is 1.08. The number of hydrogen-bond donors (Lipinski definition) is 0. The van der Waals surface area contributed by atoms with Crippen LogP contribution >= 0.6 is 11.6 Å². The molecule has 114 valence electrons. The normalized spacial score (nSPS) is 21.1. The number of likely N-dealkylation sites (tertiary alicyclic amines) is 1. The van der Waals surface area contributed by atoms with Crippen molar-refractivity contribution < 1.29 is 0 Å². The maximum Gasteiger partial charge on any atom is 0.107 e. The van der Waals surface area contributed by atoms with E-state index in [2.05, 4.69) is 36.3 Å². The summed E-state index contributed by atoms with van der Waals surface area (Å²) in [4.78, 5) is 7.29. The Bertz CT molecular complexity index is 632. The molecular weight excluding hydrogens is 282 g/mol. The zero-order valence-electron chi connectivity index (χ0n) is 13.1. The van der Waals surface area contributed by atoms with Gasteiger partial charge in [0.25, 0.3) is 0 Å². The first-order valence-electron chi connectivity index (χ1n) is 7.95. The van der Waals surface area contributed by atoms with E-state index in [1.54, 1.807) is 0 Å². The Balaban J connectivity index is 2.04. The molecule has 1 atom stereocenters. The van der Waals surface area contributed by atoms with E-state index in [0.717, 1.165) is 28.4 Å². The zero-order chi connectivity index (χ0) is 15.0. The van der Waals surface area contributed by atoms with Gasteiger partial charge in [0.2, 0.25) is 0 Å². The minimum atomic E-state index is 0.472. The summed E-state index contributed by atoms with van der Waals surface area (Å²) in [5, 5.41) is 0.813. The fourth-order valence-corrected chi connectivity index (χ4v) is 3.76. The van der Waals surface area contributed by atoms with Gasteiger partial charge in [0.05, 0.1) is 16.1 Å². The van der Waals surface area contributed by atoms with E-state index in [1.165, 1.54) is 25.8 Å². The molecule has 0 unspecified atom stereocenters. The van der Waals surface area contributed by atoms with Crippen LogP contribution in [0.4, 0.5) is 0 Å². The third-order valence-corrected chi connectivity index (χ3v) is 4.92. The summed E-state index contributed by atoms with van der Waals surface area (Å²) < 4.78 is 2.37. The fraction of sp³-hybridized carbons (Fsp3) is 0.588. The van der Waals surface area contributed by atoms with Gasteiger partial charge in [-0.05, 0) is 52.3 Å². The average Bonchev–Trinajstić information content (AvgIpc) is 2.62. The average molecular weight is 306 g/mol. The lowest BCUT2D eigenvalue weighted by Gasteiger charge is -2.29. The Kier molecular flexibility index (Phi) is 4.23. The highest BCUT2D eigenvalue weighted by Gasteiger charge is 2.24. The number of aryl methyl sites for hydroxylation is 1. The van der Waals surface area contributed by atoms with Crippen LogP contribution in [-0.2, 0) is 0 Å². The first-order chi connectivity index (χ1) is 10.1. The van der Waals surface area contributed by atoms with E-state index in [-0.39, 0.29) is 0 Å². The van der Waals surface area contributed by atoms with Gasteiger partial charge in [0.1, 0.15) is 5.82 Å². The molecule has 2 aromatic rings. The quantitative estimate of drug-likeness (QED) is 0.818. The van der Waals surface area contributed by atoms with Gasteiger partial charge in [0.15, 0.2) is 0 Å². The fourth-order valence-electron chi connectivity index (χ4n) is 3.50. The van der Waals surface area contributed by atoms with Crippen LogP contribution in [0.15, 0.2) is 18.2 Å². The van der Waals surface area contributed by atoms with Crippen molar-refractivity contribution in [1.82, 2.24) is 14.5 Å². The summed E-state index contributed by atoms with van der Waals surface area (Å²) in [6.07, 6.45) is 3.77. The number of halogens is 1. The van der Waals surface area contributed by atoms with Gasteiger partial charge in [-0.2, -0.15) is 0 Å². The monoisotopic (exact) mass is 305 g/mol. The summed E-state index contributed by atoms with van der Waals surface area (Å²) >= 11 is 6.46. The zero-order valence-corrected chi connectivity index (χ0v) is 13.9. The van der Waals surface area contributed by atoms with Crippen LogP contribution in [0.2, 0.25) is 5.02 Å². The molecule has 21 heavy (non-hydrogen) atoms. The van der Waals surface area contributed by atoms with E-state index in [0.29, 0.717) is 12.1 Å². The Labute approximate surface area is 131 Å². The summed E-state index contributed by atoms with van der Waals surface area (Å²) in [6.45, 7) is 8.96. The summed E-state index contributed by atoms with van der Waals surface area (Å²) in [5.41, 5.74) is 2.12. The van der Waals surface area contributed by atoms with Gasteiger partial charge in [-0.3, -0.25) is 4.90 Å². The molecule has 0 amide bonds. The molecule has 1 fully saturated rings. The molecular formula is C17H24ClN3. The molecule has 1 saturated heterocycles. The van der Waals surface area contributed by atoms with Crippen molar-refractivity contribution in [2.24, 2.45) is 0 Å². The van der Waals surface area contributed by atoms with E-state index in [9.17, 15) is 0 Å². The molecule has 1 aliphatic heterocycles. The molecule has 1 aromatic carbocycles. The topological polar surface area (TPSA) is 21.1 Å². The van der Waals surface area contributed by atoms with Gasteiger partial charge < -0.3 is 4.57 Å². The Morgan fingerprint density at radius 1 is 1.29 bits per heavy atom. The Hall–Kier alpha value is -1.06. The molecule has 0 radical (unpaired) electrons. The second-order valence-electron chi connectivity index (χ2n) is 6.37. The maximum atomic E-state index is 6.46. The number of para-hydroxylation sites is 1. The number of fused-ring (bicyclic) bond motifs is 1. The minimum absolute atomic E-state index is 0.472. The summed E-state index contributed by atoms with van der Waals surface area (Å²) in [7, 11) is 0. The smallest absolute Gasteiger partial charge is 0.107 e. The predicted octanol–water partition coefficient (Wildman–Crippen LogP) is 4.43. The van der Waals surface area contributed by atoms with Crippen LogP contribution in [0, 0.1) is 6.92 Å². The van der Waals surface area contributed by atoms with Crippen molar-refractivity contribution in [2.45, 2.75) is 52.1 Å². The molecule has 4 heteroatoms. The molecule has 0 spiro atoms. The van der Waals surface area contributed by atoms with E-state index < -0.39 is 0 Å². The largest absolute Gasteiger partial charge is 0.323 e. The van der Waals surface area contributed by atoms with Gasteiger partial charge in [-0.15, -0.1) is 0 Å². The van der Waals surface area contributed by atoms with Crippen LogP contribution in [0.5, 0.6) is 0 Å². The minimum Gasteiger partial charge on any atom is -0.323 e. The molecule has 3 rings (SSSR count). The number of imidazole rings is 1. The lowest BCUT2D eigenvalue weighted by Crippen LogP contribution is -2.35. The third kappa shape index (κ3) is 2.82. The lowest BCUT2D eigenvalue weighted by atomic mass is 10.1. The van der Waals surface area contributed by atoms with Crippen molar-refractivity contribution in [3.05, 3.63) is 29.0 Å². The van der Waals surface area contributed by atoms with E-state index >= 15 is 0 Å². The molecule has 3 nitrogen and oxygen atoms in total. The van der Waals surface area contributed by atoms with Crippen LogP contribution in [-0.4, -0.2) is 33.6 Å².